The molecule has 0 spiro atoms. The molecule has 1 aliphatic heterocycles. The molecular formula is C17H17ClN4OS. The van der Waals surface area contributed by atoms with E-state index in [9.17, 15) is 0 Å². The highest BCUT2D eigenvalue weighted by molar-refractivity contribution is 7.71. The molecule has 24 heavy (non-hydrogen) atoms. The average Bonchev–Trinajstić information content (AvgIpc) is 2.91. The van der Waals surface area contributed by atoms with Crippen molar-refractivity contribution < 1.29 is 4.42 Å². The van der Waals surface area contributed by atoms with Crippen LogP contribution >= 0.6 is 23.8 Å². The average molecular weight is 361 g/mol. The fourth-order valence-electron chi connectivity index (χ4n) is 3.03. The molecule has 4 rings (SSSR count). The van der Waals surface area contributed by atoms with Gasteiger partial charge in [-0.05, 0) is 36.5 Å². The van der Waals surface area contributed by atoms with Gasteiger partial charge in [0.2, 0.25) is 0 Å². The van der Waals surface area contributed by atoms with Gasteiger partial charge in [-0.1, -0.05) is 17.7 Å². The van der Waals surface area contributed by atoms with E-state index in [1.807, 2.05) is 41.1 Å². The largest absolute Gasteiger partial charge is 0.429 e. The first kappa shape index (κ1) is 15.6. The van der Waals surface area contributed by atoms with E-state index >= 15 is 0 Å². The number of piperazine rings is 1. The van der Waals surface area contributed by atoms with E-state index < -0.39 is 0 Å². The van der Waals surface area contributed by atoms with Crippen LogP contribution in [0.4, 0.5) is 5.82 Å². The number of hydrogen-bond donors (Lipinski definition) is 0. The minimum Gasteiger partial charge on any atom is -0.429 e. The van der Waals surface area contributed by atoms with Gasteiger partial charge >= 0.3 is 0 Å². The molecule has 0 saturated carbocycles. The quantitative estimate of drug-likeness (QED) is 0.664. The number of nitrogens with zero attached hydrogens (tertiary/aromatic N) is 4. The van der Waals surface area contributed by atoms with Gasteiger partial charge in [0.15, 0.2) is 5.58 Å². The highest BCUT2D eigenvalue weighted by Crippen LogP contribution is 2.22. The van der Waals surface area contributed by atoms with Gasteiger partial charge < -0.3 is 9.32 Å². The Labute approximate surface area is 150 Å². The monoisotopic (exact) mass is 360 g/mol. The Morgan fingerprint density at radius 1 is 1.12 bits per heavy atom. The molecule has 0 N–H and O–H groups in total. The topological polar surface area (TPSA) is 37.4 Å². The predicted octanol–water partition coefficient (Wildman–Crippen LogP) is 3.79. The van der Waals surface area contributed by atoms with Crippen LogP contribution in [0.2, 0.25) is 5.02 Å². The molecule has 5 nitrogen and oxygen atoms in total. The summed E-state index contributed by atoms with van der Waals surface area (Å²) in [5.74, 6) is 1.04. The maximum Gasteiger partial charge on any atom is 0.270 e. The van der Waals surface area contributed by atoms with Crippen LogP contribution < -0.4 is 4.90 Å². The van der Waals surface area contributed by atoms with Gasteiger partial charge in [-0.25, -0.2) is 4.98 Å². The maximum absolute atomic E-state index is 6.02. The van der Waals surface area contributed by atoms with E-state index in [4.69, 9.17) is 28.2 Å². The Kier molecular flexibility index (Phi) is 4.26. The summed E-state index contributed by atoms with van der Waals surface area (Å²) in [7, 11) is 0. The number of pyridine rings is 1. The second kappa shape index (κ2) is 6.55. The van der Waals surface area contributed by atoms with Gasteiger partial charge in [0, 0.05) is 43.5 Å². The summed E-state index contributed by atoms with van der Waals surface area (Å²) in [5, 5.41) is 0.655. The summed E-state index contributed by atoms with van der Waals surface area (Å²) < 4.78 is 7.68. The van der Waals surface area contributed by atoms with Gasteiger partial charge in [-0.2, -0.15) is 0 Å². The van der Waals surface area contributed by atoms with E-state index in [1.54, 1.807) is 0 Å². The van der Waals surface area contributed by atoms with Gasteiger partial charge in [0.1, 0.15) is 5.82 Å². The number of hydrogen-bond acceptors (Lipinski definition) is 5. The zero-order chi connectivity index (χ0) is 16.5. The molecular weight excluding hydrogens is 344 g/mol. The Bertz CT molecular complexity index is 900. The van der Waals surface area contributed by atoms with Crippen LogP contribution in [0.3, 0.4) is 0 Å². The van der Waals surface area contributed by atoms with E-state index in [1.165, 1.54) is 0 Å². The molecule has 0 amide bonds. The molecule has 1 fully saturated rings. The highest BCUT2D eigenvalue weighted by atomic mass is 35.5. The molecule has 0 radical (unpaired) electrons. The predicted molar refractivity (Wildman–Crippen MR) is 98.1 cm³/mol. The molecule has 0 unspecified atom stereocenters. The van der Waals surface area contributed by atoms with Crippen molar-refractivity contribution in [1.29, 1.82) is 0 Å². The molecule has 124 valence electrons. The first-order valence-electron chi connectivity index (χ1n) is 7.88. The smallest absolute Gasteiger partial charge is 0.270 e. The SMILES string of the molecule is S=c1oc2cc(Cl)ccc2n1CN1CCN(c2ccccn2)CC1. The summed E-state index contributed by atoms with van der Waals surface area (Å²) in [6.45, 7) is 4.54. The standard InChI is InChI=1S/C17H17ClN4OS/c18-13-4-5-14-15(11-13)23-17(24)22(14)12-20-7-9-21(10-8-20)16-3-1-2-6-19-16/h1-6,11H,7-10,12H2. The van der Waals surface area contributed by atoms with Crippen molar-refractivity contribution in [2.45, 2.75) is 6.67 Å². The van der Waals surface area contributed by atoms with Crippen LogP contribution in [0, 0.1) is 4.84 Å². The fourth-order valence-corrected chi connectivity index (χ4v) is 3.44. The molecule has 3 aromatic rings. The van der Waals surface area contributed by atoms with Crippen molar-refractivity contribution in [3.05, 3.63) is 52.5 Å². The molecule has 7 heteroatoms. The first-order valence-corrected chi connectivity index (χ1v) is 8.66. The van der Waals surface area contributed by atoms with Gasteiger partial charge in [0.25, 0.3) is 4.84 Å². The minimum absolute atomic E-state index is 0.486. The Morgan fingerprint density at radius 2 is 1.96 bits per heavy atom. The van der Waals surface area contributed by atoms with E-state index in [0.29, 0.717) is 9.86 Å². The molecule has 0 aliphatic carbocycles. The van der Waals surface area contributed by atoms with Crippen molar-refractivity contribution in [2.24, 2.45) is 0 Å². The van der Waals surface area contributed by atoms with Gasteiger partial charge in [-0.15, -0.1) is 0 Å². The Balaban J connectivity index is 1.48. The number of benzene rings is 1. The number of aromatic nitrogens is 2. The van der Waals surface area contributed by atoms with Crippen LogP contribution in [0.15, 0.2) is 47.0 Å². The summed E-state index contributed by atoms with van der Waals surface area (Å²) in [5.41, 5.74) is 1.72. The lowest BCUT2D eigenvalue weighted by Gasteiger charge is -2.35. The third-order valence-electron chi connectivity index (χ3n) is 4.32. The second-order valence-corrected chi connectivity index (χ2v) is 6.63. The first-order chi connectivity index (χ1) is 11.7. The second-order valence-electron chi connectivity index (χ2n) is 5.84. The van der Waals surface area contributed by atoms with Crippen LogP contribution in [-0.2, 0) is 6.67 Å². The molecule has 0 bridgehead atoms. The molecule has 1 saturated heterocycles. The Morgan fingerprint density at radius 3 is 2.71 bits per heavy atom. The number of fused-ring (bicyclic) bond motifs is 1. The van der Waals surface area contributed by atoms with Crippen LogP contribution in [-0.4, -0.2) is 40.6 Å². The highest BCUT2D eigenvalue weighted by Gasteiger charge is 2.19. The Hall–Kier alpha value is -1.89. The zero-order valence-corrected chi connectivity index (χ0v) is 14.6. The maximum atomic E-state index is 6.02. The zero-order valence-electron chi connectivity index (χ0n) is 13.1. The lowest BCUT2D eigenvalue weighted by Crippen LogP contribution is -2.47. The third kappa shape index (κ3) is 3.05. The van der Waals surface area contributed by atoms with Crippen molar-refractivity contribution in [3.63, 3.8) is 0 Å². The van der Waals surface area contributed by atoms with Crippen molar-refractivity contribution >= 4 is 40.7 Å². The molecule has 1 aliphatic rings. The summed E-state index contributed by atoms with van der Waals surface area (Å²) >= 11 is 11.4. The van der Waals surface area contributed by atoms with Crippen molar-refractivity contribution in [2.75, 3.05) is 31.1 Å². The summed E-state index contributed by atoms with van der Waals surface area (Å²) in [6.07, 6.45) is 1.84. The lowest BCUT2D eigenvalue weighted by atomic mass is 10.3. The molecule has 2 aromatic heterocycles. The number of oxazole rings is 1. The summed E-state index contributed by atoms with van der Waals surface area (Å²) in [4.78, 5) is 9.59. The minimum atomic E-state index is 0.486. The van der Waals surface area contributed by atoms with Crippen molar-refractivity contribution in [3.8, 4) is 0 Å². The van der Waals surface area contributed by atoms with Gasteiger partial charge in [-0.3, -0.25) is 9.47 Å². The van der Waals surface area contributed by atoms with Crippen LogP contribution in [0.25, 0.3) is 11.1 Å². The number of halogens is 1. The lowest BCUT2D eigenvalue weighted by molar-refractivity contribution is 0.204. The van der Waals surface area contributed by atoms with E-state index in [0.717, 1.165) is 49.8 Å². The molecule has 0 atom stereocenters. The fraction of sp³-hybridized carbons (Fsp3) is 0.294. The summed E-state index contributed by atoms with van der Waals surface area (Å²) in [6, 6.07) is 11.7. The van der Waals surface area contributed by atoms with Crippen LogP contribution in [0.5, 0.6) is 0 Å². The molecule has 3 heterocycles. The normalized spacial score (nSPS) is 16.0. The van der Waals surface area contributed by atoms with Crippen molar-refractivity contribution in [1.82, 2.24) is 14.5 Å². The number of anilines is 1. The number of rotatable bonds is 3. The van der Waals surface area contributed by atoms with Crippen LogP contribution in [0.1, 0.15) is 0 Å². The van der Waals surface area contributed by atoms with E-state index in [2.05, 4.69) is 20.9 Å². The van der Waals surface area contributed by atoms with E-state index in [-0.39, 0.29) is 0 Å². The van der Waals surface area contributed by atoms with Gasteiger partial charge in [0.05, 0.1) is 12.2 Å². The molecule has 1 aromatic carbocycles. The third-order valence-corrected chi connectivity index (χ3v) is 4.86.